The van der Waals surface area contributed by atoms with Crippen LogP contribution < -0.4 is 9.62 Å². The van der Waals surface area contributed by atoms with Crippen LogP contribution in [0.1, 0.15) is 0 Å². The van der Waals surface area contributed by atoms with Gasteiger partial charge >= 0.3 is 0 Å². The monoisotopic (exact) mass is 324 g/mol. The van der Waals surface area contributed by atoms with E-state index in [0.717, 1.165) is 5.69 Å². The highest BCUT2D eigenvalue weighted by molar-refractivity contribution is 14.1. The Bertz CT molecular complexity index is 335. The predicted octanol–water partition coefficient (Wildman–Crippen LogP) is 2.63. The van der Waals surface area contributed by atoms with Gasteiger partial charge in [0.25, 0.3) is 0 Å². The van der Waals surface area contributed by atoms with Crippen molar-refractivity contribution in [2.24, 2.45) is 0 Å². The molecule has 76 valence electrons. The fraction of sp³-hybridized carbons (Fsp3) is 0.333. The van der Waals surface area contributed by atoms with Crippen molar-refractivity contribution < 1.29 is 4.39 Å². The molecule has 0 spiro atoms. The second kappa shape index (κ2) is 4.67. The molecule has 1 aliphatic rings. The van der Waals surface area contributed by atoms with Crippen LogP contribution in [0.25, 0.3) is 0 Å². The first-order chi connectivity index (χ1) is 6.81. The summed E-state index contributed by atoms with van der Waals surface area (Å²) in [5.74, 6) is 0. The standard InChI is InChI=1S/C9H10FIN2S/c10-3-4-13-6-12-14-9-5-7(11)1-2-8(9)13/h1-2,5,12H,3-4,6H2. The SMILES string of the molecule is FCCN1CNSc2cc(I)ccc21. The third-order valence-corrected chi connectivity index (χ3v) is 3.55. The van der Waals surface area contributed by atoms with Crippen molar-refractivity contribution in [1.29, 1.82) is 0 Å². The van der Waals surface area contributed by atoms with Crippen molar-refractivity contribution in [3.8, 4) is 0 Å². The molecule has 0 fully saturated rings. The Morgan fingerprint density at radius 3 is 3.21 bits per heavy atom. The number of rotatable bonds is 2. The first kappa shape index (κ1) is 10.5. The van der Waals surface area contributed by atoms with E-state index in [2.05, 4.69) is 45.5 Å². The van der Waals surface area contributed by atoms with Gasteiger partial charge in [-0.3, -0.25) is 0 Å². The summed E-state index contributed by atoms with van der Waals surface area (Å²) in [6.45, 7) is 0.862. The van der Waals surface area contributed by atoms with Crippen molar-refractivity contribution in [1.82, 2.24) is 4.72 Å². The maximum absolute atomic E-state index is 12.3. The molecule has 0 unspecified atom stereocenters. The number of nitrogens with zero attached hydrogens (tertiary/aromatic N) is 1. The van der Waals surface area contributed by atoms with Crippen LogP contribution in [-0.4, -0.2) is 19.9 Å². The smallest absolute Gasteiger partial charge is 0.107 e. The highest BCUT2D eigenvalue weighted by Crippen LogP contribution is 2.32. The topological polar surface area (TPSA) is 15.3 Å². The minimum atomic E-state index is -0.308. The fourth-order valence-electron chi connectivity index (χ4n) is 1.41. The molecule has 14 heavy (non-hydrogen) atoms. The number of fused-ring (bicyclic) bond motifs is 1. The summed E-state index contributed by atoms with van der Waals surface area (Å²) in [5, 5.41) is 0. The van der Waals surface area contributed by atoms with Crippen LogP contribution in [0.3, 0.4) is 0 Å². The second-order valence-corrected chi connectivity index (χ2v) is 5.15. The van der Waals surface area contributed by atoms with E-state index in [4.69, 9.17) is 0 Å². The maximum Gasteiger partial charge on any atom is 0.107 e. The van der Waals surface area contributed by atoms with Gasteiger partial charge in [-0.25, -0.2) is 9.11 Å². The number of nitrogens with one attached hydrogen (secondary N) is 1. The number of alkyl halides is 1. The molecule has 1 aromatic rings. The molecule has 0 saturated carbocycles. The van der Waals surface area contributed by atoms with Gasteiger partial charge in [0, 0.05) is 15.0 Å². The Balaban J connectivity index is 2.30. The zero-order valence-corrected chi connectivity index (χ0v) is 10.4. The number of hydrogen-bond donors (Lipinski definition) is 1. The highest BCUT2D eigenvalue weighted by Gasteiger charge is 2.16. The van der Waals surface area contributed by atoms with E-state index in [9.17, 15) is 4.39 Å². The average Bonchev–Trinajstić information content (AvgIpc) is 2.18. The number of benzene rings is 1. The molecule has 0 aromatic heterocycles. The van der Waals surface area contributed by atoms with Gasteiger partial charge in [0.1, 0.15) is 6.67 Å². The van der Waals surface area contributed by atoms with E-state index in [1.165, 1.54) is 8.47 Å². The van der Waals surface area contributed by atoms with E-state index in [0.29, 0.717) is 13.2 Å². The summed E-state index contributed by atoms with van der Waals surface area (Å²) in [6.07, 6.45) is 0. The summed E-state index contributed by atoms with van der Waals surface area (Å²) in [6, 6.07) is 6.22. The number of anilines is 1. The van der Waals surface area contributed by atoms with E-state index < -0.39 is 0 Å². The Hall–Kier alpha value is -0.0100. The molecule has 0 aliphatic carbocycles. The molecule has 0 atom stereocenters. The van der Waals surface area contributed by atoms with E-state index in [1.807, 2.05) is 4.90 Å². The molecule has 2 rings (SSSR count). The summed E-state index contributed by atoms with van der Waals surface area (Å²) in [7, 11) is 0. The van der Waals surface area contributed by atoms with Gasteiger partial charge in [-0.15, -0.1) is 0 Å². The molecule has 0 radical (unpaired) electrons. The van der Waals surface area contributed by atoms with Crippen LogP contribution >= 0.6 is 34.5 Å². The van der Waals surface area contributed by atoms with Gasteiger partial charge in [-0.05, 0) is 52.7 Å². The lowest BCUT2D eigenvalue weighted by atomic mass is 10.3. The van der Waals surface area contributed by atoms with E-state index >= 15 is 0 Å². The second-order valence-electron chi connectivity index (χ2n) is 2.97. The number of hydrogen-bond acceptors (Lipinski definition) is 3. The molecule has 0 bridgehead atoms. The van der Waals surface area contributed by atoms with Gasteiger partial charge in [0.15, 0.2) is 0 Å². The third-order valence-electron chi connectivity index (χ3n) is 2.05. The van der Waals surface area contributed by atoms with Gasteiger partial charge in [-0.2, -0.15) is 0 Å². The summed E-state index contributed by atoms with van der Waals surface area (Å²) in [5.41, 5.74) is 1.13. The van der Waals surface area contributed by atoms with Gasteiger partial charge < -0.3 is 4.90 Å². The summed E-state index contributed by atoms with van der Waals surface area (Å²) >= 11 is 3.89. The van der Waals surface area contributed by atoms with Crippen LogP contribution in [0.5, 0.6) is 0 Å². The minimum absolute atomic E-state index is 0.308. The molecule has 0 amide bonds. The Kier molecular flexibility index (Phi) is 3.51. The van der Waals surface area contributed by atoms with Crippen LogP contribution in [0.4, 0.5) is 10.1 Å². The van der Waals surface area contributed by atoms with Crippen molar-refractivity contribution >= 4 is 40.2 Å². The molecular weight excluding hydrogens is 314 g/mol. The van der Waals surface area contributed by atoms with Crippen molar-refractivity contribution in [3.05, 3.63) is 21.8 Å². The average molecular weight is 324 g/mol. The third kappa shape index (κ3) is 2.14. The van der Waals surface area contributed by atoms with E-state index in [1.54, 1.807) is 11.9 Å². The predicted molar refractivity (Wildman–Crippen MR) is 66.3 cm³/mol. The quantitative estimate of drug-likeness (QED) is 0.665. The molecule has 1 aromatic carbocycles. The minimum Gasteiger partial charge on any atom is -0.354 e. The summed E-state index contributed by atoms with van der Waals surface area (Å²) in [4.78, 5) is 3.19. The molecule has 1 heterocycles. The summed E-state index contributed by atoms with van der Waals surface area (Å²) < 4.78 is 16.7. The Morgan fingerprint density at radius 1 is 1.57 bits per heavy atom. The van der Waals surface area contributed by atoms with Gasteiger partial charge in [-0.1, -0.05) is 0 Å². The van der Waals surface area contributed by atoms with Crippen molar-refractivity contribution in [2.75, 3.05) is 24.8 Å². The molecule has 0 saturated heterocycles. The largest absolute Gasteiger partial charge is 0.354 e. The zero-order valence-electron chi connectivity index (χ0n) is 7.46. The lowest BCUT2D eigenvalue weighted by Gasteiger charge is -2.30. The van der Waals surface area contributed by atoms with Crippen LogP contribution in [0.15, 0.2) is 23.1 Å². The molecule has 1 aliphatic heterocycles. The van der Waals surface area contributed by atoms with Gasteiger partial charge in [0.05, 0.1) is 12.4 Å². The Labute approximate surface area is 101 Å². The van der Waals surface area contributed by atoms with Crippen LogP contribution in [0, 0.1) is 3.57 Å². The highest BCUT2D eigenvalue weighted by atomic mass is 127. The first-order valence-corrected chi connectivity index (χ1v) is 6.21. The Morgan fingerprint density at radius 2 is 2.43 bits per heavy atom. The maximum atomic E-state index is 12.3. The van der Waals surface area contributed by atoms with Crippen LogP contribution in [-0.2, 0) is 0 Å². The first-order valence-electron chi connectivity index (χ1n) is 4.31. The molecule has 1 N–H and O–H groups in total. The van der Waals surface area contributed by atoms with Gasteiger partial charge in [0.2, 0.25) is 0 Å². The molecular formula is C9H10FIN2S. The van der Waals surface area contributed by atoms with Crippen LogP contribution in [0.2, 0.25) is 0 Å². The van der Waals surface area contributed by atoms with Crippen molar-refractivity contribution in [2.45, 2.75) is 4.90 Å². The van der Waals surface area contributed by atoms with E-state index in [-0.39, 0.29) is 6.67 Å². The molecule has 2 nitrogen and oxygen atoms in total. The zero-order chi connectivity index (χ0) is 9.97. The normalized spacial score (nSPS) is 15.4. The molecule has 5 heteroatoms. The van der Waals surface area contributed by atoms with Crippen molar-refractivity contribution in [3.63, 3.8) is 0 Å². The lowest BCUT2D eigenvalue weighted by Crippen LogP contribution is -2.36. The lowest BCUT2D eigenvalue weighted by molar-refractivity contribution is 0.488. The fourth-order valence-corrected chi connectivity index (χ4v) is 2.97. The number of halogens is 2.